The summed E-state index contributed by atoms with van der Waals surface area (Å²) < 4.78 is 0. The average molecular weight is 231 g/mol. The summed E-state index contributed by atoms with van der Waals surface area (Å²) in [6, 6.07) is 9.40. The van der Waals surface area contributed by atoms with Gasteiger partial charge in [0.15, 0.2) is 0 Å². The van der Waals surface area contributed by atoms with Crippen LogP contribution in [-0.2, 0) is 6.54 Å². The van der Waals surface area contributed by atoms with E-state index in [1.807, 2.05) is 0 Å². The predicted octanol–water partition coefficient (Wildman–Crippen LogP) is 4.05. The van der Waals surface area contributed by atoms with Crippen molar-refractivity contribution in [3.8, 4) is 0 Å². The lowest BCUT2D eigenvalue weighted by Gasteiger charge is -2.34. The molecule has 0 saturated heterocycles. The maximum absolute atomic E-state index is 3.72. The maximum Gasteiger partial charge on any atom is 0.0210 e. The molecule has 1 nitrogen and oxygen atoms in total. The van der Waals surface area contributed by atoms with Crippen molar-refractivity contribution in [1.29, 1.82) is 0 Å². The zero-order valence-electron chi connectivity index (χ0n) is 11.4. The molecule has 0 heterocycles. The fourth-order valence-corrected chi connectivity index (χ4v) is 2.67. The molecule has 0 radical (unpaired) electrons. The van der Waals surface area contributed by atoms with Crippen LogP contribution in [0, 0.1) is 12.3 Å². The van der Waals surface area contributed by atoms with E-state index in [1.165, 1.54) is 36.8 Å². The van der Waals surface area contributed by atoms with Gasteiger partial charge in [-0.05, 0) is 49.1 Å². The molecule has 94 valence electrons. The number of hydrogen-bond acceptors (Lipinski definition) is 1. The maximum atomic E-state index is 3.72. The highest BCUT2D eigenvalue weighted by Crippen LogP contribution is 2.35. The Morgan fingerprint density at radius 3 is 2.47 bits per heavy atom. The Kier molecular flexibility index (Phi) is 3.88. The fraction of sp³-hybridized carbons (Fsp3) is 0.625. The third-order valence-electron chi connectivity index (χ3n) is 4.18. The van der Waals surface area contributed by atoms with E-state index in [-0.39, 0.29) is 0 Å². The molecule has 0 amide bonds. The van der Waals surface area contributed by atoms with Crippen molar-refractivity contribution in [2.24, 2.45) is 5.41 Å². The molecule has 0 unspecified atom stereocenters. The summed E-state index contributed by atoms with van der Waals surface area (Å²) in [6.45, 7) is 8.01. The third-order valence-corrected chi connectivity index (χ3v) is 4.18. The minimum absolute atomic E-state index is 0.570. The quantitative estimate of drug-likeness (QED) is 0.827. The first kappa shape index (κ1) is 12.6. The number of rotatable bonds is 3. The Morgan fingerprint density at radius 2 is 1.82 bits per heavy atom. The summed E-state index contributed by atoms with van der Waals surface area (Å²) in [5, 5.41) is 3.72. The van der Waals surface area contributed by atoms with Crippen molar-refractivity contribution >= 4 is 0 Å². The van der Waals surface area contributed by atoms with Gasteiger partial charge >= 0.3 is 0 Å². The smallest absolute Gasteiger partial charge is 0.0210 e. The van der Waals surface area contributed by atoms with E-state index in [4.69, 9.17) is 0 Å². The van der Waals surface area contributed by atoms with Crippen molar-refractivity contribution in [3.05, 3.63) is 35.4 Å². The molecule has 1 fully saturated rings. The van der Waals surface area contributed by atoms with Crippen LogP contribution in [0.25, 0.3) is 0 Å². The molecule has 17 heavy (non-hydrogen) atoms. The molecule has 0 bridgehead atoms. The van der Waals surface area contributed by atoms with Gasteiger partial charge in [-0.2, -0.15) is 0 Å². The van der Waals surface area contributed by atoms with E-state index in [1.54, 1.807) is 0 Å². The number of benzene rings is 1. The Morgan fingerprint density at radius 1 is 1.18 bits per heavy atom. The zero-order valence-corrected chi connectivity index (χ0v) is 11.4. The van der Waals surface area contributed by atoms with Crippen LogP contribution in [0.2, 0.25) is 0 Å². The van der Waals surface area contributed by atoms with Crippen LogP contribution in [0.15, 0.2) is 24.3 Å². The lowest BCUT2D eigenvalue weighted by molar-refractivity contribution is 0.206. The Balaban J connectivity index is 1.82. The van der Waals surface area contributed by atoms with Crippen molar-refractivity contribution < 1.29 is 0 Å². The number of nitrogens with one attached hydrogen (secondary N) is 1. The summed E-state index contributed by atoms with van der Waals surface area (Å²) in [7, 11) is 0. The summed E-state index contributed by atoms with van der Waals surface area (Å²) in [5.41, 5.74) is 3.41. The molecule has 1 aliphatic rings. The van der Waals surface area contributed by atoms with Gasteiger partial charge in [0.1, 0.15) is 0 Å². The fourth-order valence-electron chi connectivity index (χ4n) is 2.67. The molecular weight excluding hydrogens is 206 g/mol. The van der Waals surface area contributed by atoms with E-state index in [0.29, 0.717) is 5.41 Å². The van der Waals surface area contributed by atoms with Crippen LogP contribution in [0.4, 0.5) is 0 Å². The first-order chi connectivity index (χ1) is 8.07. The van der Waals surface area contributed by atoms with E-state index < -0.39 is 0 Å². The summed E-state index contributed by atoms with van der Waals surface area (Å²) in [6.07, 6.45) is 5.38. The second kappa shape index (κ2) is 5.22. The summed E-state index contributed by atoms with van der Waals surface area (Å²) in [5.74, 6) is 0. The Labute approximate surface area is 106 Å². The van der Waals surface area contributed by atoms with Crippen molar-refractivity contribution in [1.82, 2.24) is 5.32 Å². The lowest BCUT2D eigenvalue weighted by Crippen LogP contribution is -2.35. The van der Waals surface area contributed by atoms with Gasteiger partial charge in [0.25, 0.3) is 0 Å². The molecule has 0 atom stereocenters. The van der Waals surface area contributed by atoms with Gasteiger partial charge in [-0.1, -0.05) is 38.1 Å². The van der Waals surface area contributed by atoms with Crippen molar-refractivity contribution in [2.75, 3.05) is 0 Å². The second-order valence-electron chi connectivity index (χ2n) is 6.25. The first-order valence-corrected chi connectivity index (χ1v) is 6.85. The normalized spacial score (nSPS) is 20.4. The van der Waals surface area contributed by atoms with E-state index in [2.05, 4.69) is 50.4 Å². The molecule has 1 aromatic rings. The molecule has 2 rings (SSSR count). The van der Waals surface area contributed by atoms with E-state index in [0.717, 1.165) is 12.6 Å². The van der Waals surface area contributed by atoms with Crippen LogP contribution < -0.4 is 5.32 Å². The molecule has 1 N–H and O–H groups in total. The number of hydrogen-bond donors (Lipinski definition) is 1. The van der Waals surface area contributed by atoms with Crippen LogP contribution in [0.1, 0.15) is 50.7 Å². The predicted molar refractivity (Wildman–Crippen MR) is 74.1 cm³/mol. The molecule has 0 spiro atoms. The molecule has 1 aromatic carbocycles. The molecule has 0 aliphatic heterocycles. The van der Waals surface area contributed by atoms with Crippen LogP contribution in [0.3, 0.4) is 0 Å². The molecule has 1 heteroatoms. The van der Waals surface area contributed by atoms with Gasteiger partial charge in [-0.25, -0.2) is 0 Å². The standard InChI is InChI=1S/C16H25N/c1-13-6-4-5-7-14(13)12-17-15-8-10-16(2,3)11-9-15/h4-7,15,17H,8-12H2,1-3H3. The van der Waals surface area contributed by atoms with Crippen LogP contribution in [-0.4, -0.2) is 6.04 Å². The second-order valence-corrected chi connectivity index (χ2v) is 6.25. The van der Waals surface area contributed by atoms with Gasteiger partial charge < -0.3 is 5.32 Å². The SMILES string of the molecule is Cc1ccccc1CNC1CCC(C)(C)CC1. The minimum Gasteiger partial charge on any atom is -0.310 e. The van der Waals surface area contributed by atoms with Gasteiger partial charge in [-0.3, -0.25) is 0 Å². The van der Waals surface area contributed by atoms with Crippen LogP contribution in [0.5, 0.6) is 0 Å². The highest BCUT2D eigenvalue weighted by molar-refractivity contribution is 5.25. The minimum atomic E-state index is 0.570. The van der Waals surface area contributed by atoms with Gasteiger partial charge in [0.2, 0.25) is 0 Å². The molecular formula is C16H25N. The lowest BCUT2D eigenvalue weighted by atomic mass is 9.75. The summed E-state index contributed by atoms with van der Waals surface area (Å²) >= 11 is 0. The zero-order chi connectivity index (χ0) is 12.3. The Hall–Kier alpha value is -0.820. The monoisotopic (exact) mass is 231 g/mol. The van der Waals surface area contributed by atoms with Crippen LogP contribution >= 0.6 is 0 Å². The van der Waals surface area contributed by atoms with Gasteiger partial charge in [0.05, 0.1) is 0 Å². The largest absolute Gasteiger partial charge is 0.310 e. The third kappa shape index (κ3) is 3.57. The van der Waals surface area contributed by atoms with Gasteiger partial charge in [0, 0.05) is 12.6 Å². The van der Waals surface area contributed by atoms with E-state index >= 15 is 0 Å². The topological polar surface area (TPSA) is 12.0 Å². The highest BCUT2D eigenvalue weighted by atomic mass is 14.9. The van der Waals surface area contributed by atoms with Gasteiger partial charge in [-0.15, -0.1) is 0 Å². The molecule has 1 saturated carbocycles. The highest BCUT2D eigenvalue weighted by Gasteiger charge is 2.26. The van der Waals surface area contributed by atoms with Crippen molar-refractivity contribution in [3.63, 3.8) is 0 Å². The average Bonchev–Trinajstić information content (AvgIpc) is 2.30. The molecule has 0 aromatic heterocycles. The Bertz CT molecular complexity index is 358. The molecule has 1 aliphatic carbocycles. The van der Waals surface area contributed by atoms with Crippen molar-refractivity contribution in [2.45, 2.75) is 59.0 Å². The first-order valence-electron chi connectivity index (χ1n) is 6.85. The number of aryl methyl sites for hydroxylation is 1. The summed E-state index contributed by atoms with van der Waals surface area (Å²) in [4.78, 5) is 0. The van der Waals surface area contributed by atoms with E-state index in [9.17, 15) is 0 Å².